The molecular weight excluding hydrogens is 399 g/mol. The van der Waals surface area contributed by atoms with Crippen LogP contribution < -0.4 is 0 Å². The average Bonchev–Trinajstić information content (AvgIpc) is 3.15. The van der Waals surface area contributed by atoms with Gasteiger partial charge in [0.15, 0.2) is 0 Å². The van der Waals surface area contributed by atoms with Gasteiger partial charge in [-0.2, -0.15) is 5.10 Å². The van der Waals surface area contributed by atoms with Crippen LogP contribution in [0.1, 0.15) is 34.1 Å². The number of aliphatic hydroxyl groups is 1. The summed E-state index contributed by atoms with van der Waals surface area (Å²) in [5.74, 6) is -2.26. The lowest BCUT2D eigenvalue weighted by Crippen LogP contribution is -2.29. The molecule has 1 aliphatic heterocycles. The van der Waals surface area contributed by atoms with Gasteiger partial charge in [-0.3, -0.25) is 19.3 Å². The molecule has 1 N–H and O–H groups in total. The number of amides is 1. The Morgan fingerprint density at radius 1 is 1.16 bits per heavy atom. The topological polar surface area (TPSA) is 88.3 Å². The fraction of sp³-hybridized carbons (Fsp3) is 0.217. The minimum Gasteiger partial charge on any atom is -0.507 e. The van der Waals surface area contributed by atoms with Crippen LogP contribution in [-0.4, -0.2) is 36.5 Å². The number of aryl methyl sites for hydroxylation is 2. The molecule has 1 amide bonds. The Labute approximate surface area is 178 Å². The van der Waals surface area contributed by atoms with E-state index >= 15 is 0 Å². The zero-order valence-corrected chi connectivity index (χ0v) is 17.3. The molecule has 1 aromatic carbocycles. The molecule has 1 saturated heterocycles. The lowest BCUT2D eigenvalue weighted by atomic mass is 9.94. The zero-order chi connectivity index (χ0) is 22.3. The highest BCUT2D eigenvalue weighted by atomic mass is 19.1. The summed E-state index contributed by atoms with van der Waals surface area (Å²) in [6.07, 6.45) is 3.22. The number of aromatic nitrogens is 3. The molecule has 4 rings (SSSR count). The summed E-state index contributed by atoms with van der Waals surface area (Å²) in [4.78, 5) is 31.5. The fourth-order valence-corrected chi connectivity index (χ4v) is 3.97. The van der Waals surface area contributed by atoms with E-state index in [1.165, 1.54) is 29.2 Å². The van der Waals surface area contributed by atoms with E-state index in [1.54, 1.807) is 50.1 Å². The molecule has 1 aliphatic rings. The number of aliphatic hydroxyl groups excluding tert-OH is 1. The molecule has 8 heteroatoms. The molecule has 0 aliphatic carbocycles. The van der Waals surface area contributed by atoms with Crippen LogP contribution >= 0.6 is 0 Å². The monoisotopic (exact) mass is 420 g/mol. The van der Waals surface area contributed by atoms with Crippen molar-refractivity contribution in [3.8, 4) is 0 Å². The number of hydrogen-bond acceptors (Lipinski definition) is 5. The Bertz CT molecular complexity index is 1200. The van der Waals surface area contributed by atoms with Crippen molar-refractivity contribution in [3.05, 3.63) is 88.3 Å². The largest absolute Gasteiger partial charge is 0.507 e. The van der Waals surface area contributed by atoms with E-state index in [9.17, 15) is 19.1 Å². The third kappa shape index (κ3) is 3.50. The second-order valence-electron chi connectivity index (χ2n) is 7.51. The van der Waals surface area contributed by atoms with Crippen molar-refractivity contribution in [2.24, 2.45) is 7.05 Å². The number of ketones is 1. The van der Waals surface area contributed by atoms with Gasteiger partial charge in [-0.25, -0.2) is 4.39 Å². The molecule has 158 valence electrons. The lowest BCUT2D eigenvalue weighted by molar-refractivity contribution is -0.140. The van der Waals surface area contributed by atoms with Crippen LogP contribution in [0.25, 0.3) is 5.76 Å². The van der Waals surface area contributed by atoms with Crippen molar-refractivity contribution >= 4 is 17.4 Å². The first kappa shape index (κ1) is 20.5. The van der Waals surface area contributed by atoms with Crippen LogP contribution in [0.4, 0.5) is 4.39 Å². The summed E-state index contributed by atoms with van der Waals surface area (Å²) < 4.78 is 15.2. The summed E-state index contributed by atoms with van der Waals surface area (Å²) in [6.45, 7) is 3.61. The minimum atomic E-state index is -0.875. The maximum absolute atomic E-state index is 13.6. The Balaban J connectivity index is 1.91. The van der Waals surface area contributed by atoms with E-state index in [1.807, 2.05) is 0 Å². The second kappa shape index (κ2) is 7.79. The Morgan fingerprint density at radius 2 is 1.87 bits per heavy atom. The molecule has 0 saturated carbocycles. The van der Waals surface area contributed by atoms with Gasteiger partial charge in [-0.15, -0.1) is 0 Å². The van der Waals surface area contributed by atoms with Crippen LogP contribution in [0.15, 0.2) is 54.4 Å². The molecule has 0 radical (unpaired) electrons. The quantitative estimate of drug-likeness (QED) is 0.398. The van der Waals surface area contributed by atoms with Crippen LogP contribution in [0.3, 0.4) is 0 Å². The first-order valence-electron chi connectivity index (χ1n) is 9.73. The second-order valence-corrected chi connectivity index (χ2v) is 7.51. The van der Waals surface area contributed by atoms with Gasteiger partial charge in [0.05, 0.1) is 22.9 Å². The number of rotatable bonds is 4. The highest BCUT2D eigenvalue weighted by molar-refractivity contribution is 6.46. The Kier molecular flexibility index (Phi) is 5.14. The Hall–Kier alpha value is -3.81. The summed E-state index contributed by atoms with van der Waals surface area (Å²) in [7, 11) is 1.73. The van der Waals surface area contributed by atoms with Gasteiger partial charge in [0.25, 0.3) is 11.7 Å². The van der Waals surface area contributed by atoms with Crippen molar-refractivity contribution < 1.29 is 19.1 Å². The van der Waals surface area contributed by atoms with Gasteiger partial charge in [0, 0.05) is 31.7 Å². The lowest BCUT2D eigenvalue weighted by Gasteiger charge is -2.25. The number of carbonyl (C=O) groups is 2. The van der Waals surface area contributed by atoms with Crippen LogP contribution in [0.5, 0.6) is 0 Å². The smallest absolute Gasteiger partial charge is 0.295 e. The average molecular weight is 420 g/mol. The highest BCUT2D eigenvalue weighted by Gasteiger charge is 2.46. The number of carbonyl (C=O) groups excluding carboxylic acids is 2. The van der Waals surface area contributed by atoms with Gasteiger partial charge in [-0.05, 0) is 43.2 Å². The van der Waals surface area contributed by atoms with Gasteiger partial charge in [0.2, 0.25) is 0 Å². The number of benzene rings is 1. The third-order valence-electron chi connectivity index (χ3n) is 5.55. The maximum atomic E-state index is 13.6. The minimum absolute atomic E-state index is 0.0419. The van der Waals surface area contributed by atoms with E-state index in [-0.39, 0.29) is 17.9 Å². The molecule has 0 unspecified atom stereocenters. The normalized spacial score (nSPS) is 18.1. The number of Topliss-reactive ketones (excluding diaryl/α,β-unsaturated/α-hetero) is 1. The molecule has 3 heterocycles. The van der Waals surface area contributed by atoms with Crippen molar-refractivity contribution in [1.82, 2.24) is 19.7 Å². The summed E-state index contributed by atoms with van der Waals surface area (Å²) in [6, 6.07) is 8.21. The fourth-order valence-electron chi connectivity index (χ4n) is 3.97. The standard InChI is InChI=1S/C23H21FN4O3/c1-13-18(14(2)27(3)26-13)21(29)19-20(16-6-8-17(24)9-7-16)28(23(31)22(19)30)12-15-5-4-10-25-11-15/h4-11,20,29H,12H2,1-3H3/t20-/m0/s1. The SMILES string of the molecule is Cc1nn(C)c(C)c1C(O)=C1C(=O)C(=O)N(Cc2cccnc2)[C@H]1c1ccc(F)cc1. The predicted molar refractivity (Wildman–Crippen MR) is 111 cm³/mol. The maximum Gasteiger partial charge on any atom is 0.295 e. The summed E-state index contributed by atoms with van der Waals surface area (Å²) >= 11 is 0. The zero-order valence-electron chi connectivity index (χ0n) is 17.3. The third-order valence-corrected chi connectivity index (χ3v) is 5.55. The van der Waals surface area contributed by atoms with Gasteiger partial charge in [-0.1, -0.05) is 18.2 Å². The number of likely N-dealkylation sites (tertiary alicyclic amines) is 1. The molecule has 0 bridgehead atoms. The van der Waals surface area contributed by atoms with Crippen molar-refractivity contribution in [1.29, 1.82) is 0 Å². The summed E-state index contributed by atoms with van der Waals surface area (Å²) in [5, 5.41) is 15.5. The van der Waals surface area contributed by atoms with Crippen LogP contribution in [0, 0.1) is 19.7 Å². The molecule has 1 fully saturated rings. The molecule has 0 spiro atoms. The number of nitrogens with zero attached hydrogens (tertiary/aromatic N) is 4. The predicted octanol–water partition coefficient (Wildman–Crippen LogP) is 3.19. The van der Waals surface area contributed by atoms with Crippen LogP contribution in [-0.2, 0) is 23.2 Å². The van der Waals surface area contributed by atoms with E-state index in [0.717, 1.165) is 5.56 Å². The molecule has 31 heavy (non-hydrogen) atoms. The summed E-state index contributed by atoms with van der Waals surface area (Å²) in [5.41, 5.74) is 2.81. The van der Waals surface area contributed by atoms with Gasteiger partial charge >= 0.3 is 0 Å². The molecular formula is C23H21FN4O3. The first-order valence-corrected chi connectivity index (χ1v) is 9.73. The number of halogens is 1. The van der Waals surface area contributed by atoms with E-state index in [0.29, 0.717) is 22.5 Å². The van der Waals surface area contributed by atoms with Crippen molar-refractivity contribution in [2.45, 2.75) is 26.4 Å². The van der Waals surface area contributed by atoms with E-state index in [2.05, 4.69) is 10.1 Å². The highest BCUT2D eigenvalue weighted by Crippen LogP contribution is 2.41. The number of hydrogen-bond donors (Lipinski definition) is 1. The van der Waals surface area contributed by atoms with Crippen molar-refractivity contribution in [2.75, 3.05) is 0 Å². The van der Waals surface area contributed by atoms with E-state index in [4.69, 9.17) is 0 Å². The molecule has 7 nitrogen and oxygen atoms in total. The van der Waals surface area contributed by atoms with Crippen molar-refractivity contribution in [3.63, 3.8) is 0 Å². The van der Waals surface area contributed by atoms with Gasteiger partial charge < -0.3 is 10.0 Å². The number of pyridine rings is 1. The van der Waals surface area contributed by atoms with E-state index < -0.39 is 23.5 Å². The van der Waals surface area contributed by atoms with Gasteiger partial charge in [0.1, 0.15) is 11.6 Å². The Morgan fingerprint density at radius 3 is 2.45 bits per heavy atom. The first-order chi connectivity index (χ1) is 14.8. The molecule has 1 atom stereocenters. The van der Waals surface area contributed by atoms with Crippen LogP contribution in [0.2, 0.25) is 0 Å². The molecule has 3 aromatic rings. The molecule has 2 aromatic heterocycles.